The van der Waals surface area contributed by atoms with Gasteiger partial charge in [0.05, 0.1) is 15.8 Å². The van der Waals surface area contributed by atoms with Gasteiger partial charge in [0.25, 0.3) is 0 Å². The SMILES string of the molecule is CSc1cccc(Nc2cc(Br)c(F)cc2N)c1. The molecule has 0 heterocycles. The Kier molecular flexibility index (Phi) is 4.14. The fourth-order valence-corrected chi connectivity index (χ4v) is 2.33. The lowest BCUT2D eigenvalue weighted by Gasteiger charge is -2.11. The second-order valence-electron chi connectivity index (χ2n) is 3.71. The highest BCUT2D eigenvalue weighted by molar-refractivity contribution is 9.10. The number of rotatable bonds is 3. The molecule has 0 bridgehead atoms. The monoisotopic (exact) mass is 326 g/mol. The zero-order valence-corrected chi connectivity index (χ0v) is 12.1. The first-order valence-electron chi connectivity index (χ1n) is 5.26. The highest BCUT2D eigenvalue weighted by atomic mass is 79.9. The van der Waals surface area contributed by atoms with Crippen LogP contribution in [0.15, 0.2) is 45.8 Å². The molecule has 0 fully saturated rings. The van der Waals surface area contributed by atoms with Crippen LogP contribution < -0.4 is 11.1 Å². The van der Waals surface area contributed by atoms with Crippen LogP contribution in [0.2, 0.25) is 0 Å². The lowest BCUT2D eigenvalue weighted by atomic mass is 10.2. The van der Waals surface area contributed by atoms with E-state index in [9.17, 15) is 4.39 Å². The van der Waals surface area contributed by atoms with Gasteiger partial charge in [0, 0.05) is 16.6 Å². The van der Waals surface area contributed by atoms with Crippen molar-refractivity contribution >= 4 is 44.8 Å². The molecule has 0 aliphatic rings. The van der Waals surface area contributed by atoms with Crippen LogP contribution >= 0.6 is 27.7 Å². The van der Waals surface area contributed by atoms with Crippen LogP contribution in [0.3, 0.4) is 0 Å². The van der Waals surface area contributed by atoms with E-state index in [1.165, 1.54) is 6.07 Å². The van der Waals surface area contributed by atoms with E-state index < -0.39 is 0 Å². The maximum Gasteiger partial charge on any atom is 0.139 e. The Bertz CT molecular complexity index is 575. The second-order valence-corrected chi connectivity index (χ2v) is 5.44. The third-order valence-electron chi connectivity index (χ3n) is 2.44. The predicted molar refractivity (Wildman–Crippen MR) is 80.0 cm³/mol. The maximum absolute atomic E-state index is 13.3. The maximum atomic E-state index is 13.3. The summed E-state index contributed by atoms with van der Waals surface area (Å²) >= 11 is 4.81. The zero-order valence-electron chi connectivity index (χ0n) is 9.71. The van der Waals surface area contributed by atoms with Gasteiger partial charge >= 0.3 is 0 Å². The predicted octanol–water partition coefficient (Wildman–Crippen LogP) is 4.64. The molecular formula is C13H12BrFN2S. The van der Waals surface area contributed by atoms with Crippen molar-refractivity contribution in [3.8, 4) is 0 Å². The largest absolute Gasteiger partial charge is 0.397 e. The molecule has 2 aromatic carbocycles. The molecule has 0 saturated heterocycles. The molecule has 18 heavy (non-hydrogen) atoms. The number of nitrogens with one attached hydrogen (secondary N) is 1. The van der Waals surface area contributed by atoms with E-state index >= 15 is 0 Å². The molecule has 0 radical (unpaired) electrons. The summed E-state index contributed by atoms with van der Waals surface area (Å²) in [5.41, 5.74) is 7.77. The summed E-state index contributed by atoms with van der Waals surface area (Å²) in [6.07, 6.45) is 2.02. The van der Waals surface area contributed by atoms with Crippen molar-refractivity contribution in [1.29, 1.82) is 0 Å². The van der Waals surface area contributed by atoms with Crippen LogP contribution in [-0.4, -0.2) is 6.26 Å². The fraction of sp³-hybridized carbons (Fsp3) is 0.0769. The summed E-state index contributed by atoms with van der Waals surface area (Å²) in [4.78, 5) is 1.15. The molecule has 0 amide bonds. The zero-order chi connectivity index (χ0) is 13.1. The van der Waals surface area contributed by atoms with Crippen LogP contribution in [0, 0.1) is 5.82 Å². The average molecular weight is 327 g/mol. The van der Waals surface area contributed by atoms with Crippen LogP contribution in [0.4, 0.5) is 21.5 Å². The molecule has 2 rings (SSSR count). The Hall–Kier alpha value is -1.20. The third kappa shape index (κ3) is 2.97. The molecule has 5 heteroatoms. The van der Waals surface area contributed by atoms with Gasteiger partial charge in [-0.15, -0.1) is 11.8 Å². The van der Waals surface area contributed by atoms with Crippen LogP contribution in [0.25, 0.3) is 0 Å². The van der Waals surface area contributed by atoms with Crippen molar-refractivity contribution in [2.24, 2.45) is 0 Å². The number of anilines is 3. The number of hydrogen-bond donors (Lipinski definition) is 2. The summed E-state index contributed by atoms with van der Waals surface area (Å²) in [5, 5.41) is 3.18. The number of halogens is 2. The van der Waals surface area contributed by atoms with Gasteiger partial charge in [0.1, 0.15) is 5.82 Å². The summed E-state index contributed by atoms with van der Waals surface area (Å²) in [7, 11) is 0. The Morgan fingerprint density at radius 1 is 1.28 bits per heavy atom. The number of benzene rings is 2. The van der Waals surface area contributed by atoms with E-state index in [0.29, 0.717) is 15.8 Å². The highest BCUT2D eigenvalue weighted by Gasteiger charge is 2.06. The van der Waals surface area contributed by atoms with E-state index in [0.717, 1.165) is 10.6 Å². The second kappa shape index (κ2) is 5.63. The lowest BCUT2D eigenvalue weighted by Crippen LogP contribution is -1.97. The first-order chi connectivity index (χ1) is 8.60. The van der Waals surface area contributed by atoms with Crippen molar-refractivity contribution in [2.75, 3.05) is 17.3 Å². The number of nitrogens with two attached hydrogens (primary N) is 1. The molecule has 0 aromatic heterocycles. The summed E-state index contributed by atoms with van der Waals surface area (Å²) in [5.74, 6) is -0.365. The van der Waals surface area contributed by atoms with E-state index in [1.54, 1.807) is 17.8 Å². The van der Waals surface area contributed by atoms with Gasteiger partial charge in [-0.1, -0.05) is 6.07 Å². The Morgan fingerprint density at radius 3 is 2.78 bits per heavy atom. The van der Waals surface area contributed by atoms with Gasteiger partial charge in [0.2, 0.25) is 0 Å². The summed E-state index contributed by atoms with van der Waals surface area (Å²) < 4.78 is 13.6. The van der Waals surface area contributed by atoms with Crippen molar-refractivity contribution < 1.29 is 4.39 Å². The molecule has 0 saturated carbocycles. The lowest BCUT2D eigenvalue weighted by molar-refractivity contribution is 0.622. The Labute approximate surface area is 118 Å². The molecule has 0 aliphatic carbocycles. The minimum atomic E-state index is -0.365. The minimum absolute atomic E-state index is 0.365. The van der Waals surface area contributed by atoms with Gasteiger partial charge in [-0.05, 0) is 46.5 Å². The molecule has 0 aliphatic heterocycles. The standard InChI is InChI=1S/C13H12BrFN2S/c1-18-9-4-2-3-8(5-9)17-13-6-10(14)11(15)7-12(13)16/h2-7,17H,16H2,1H3. The summed E-state index contributed by atoms with van der Waals surface area (Å²) in [6, 6.07) is 10.9. The molecule has 0 unspecified atom stereocenters. The van der Waals surface area contributed by atoms with Crippen molar-refractivity contribution in [2.45, 2.75) is 4.90 Å². The van der Waals surface area contributed by atoms with Gasteiger partial charge in [0.15, 0.2) is 0 Å². The minimum Gasteiger partial charge on any atom is -0.397 e. The van der Waals surface area contributed by atoms with Gasteiger partial charge in [-0.3, -0.25) is 0 Å². The van der Waals surface area contributed by atoms with Crippen LogP contribution in [0.1, 0.15) is 0 Å². The molecular weight excluding hydrogens is 315 g/mol. The molecule has 0 atom stereocenters. The van der Waals surface area contributed by atoms with Crippen LogP contribution in [-0.2, 0) is 0 Å². The average Bonchev–Trinajstić information content (AvgIpc) is 2.36. The van der Waals surface area contributed by atoms with E-state index in [4.69, 9.17) is 5.73 Å². The Balaban J connectivity index is 2.30. The van der Waals surface area contributed by atoms with Crippen molar-refractivity contribution in [3.63, 3.8) is 0 Å². The van der Waals surface area contributed by atoms with Crippen LogP contribution in [0.5, 0.6) is 0 Å². The van der Waals surface area contributed by atoms with Gasteiger partial charge in [-0.2, -0.15) is 0 Å². The molecule has 94 valence electrons. The fourth-order valence-electron chi connectivity index (χ4n) is 1.53. The van der Waals surface area contributed by atoms with E-state index in [1.807, 2.05) is 30.5 Å². The van der Waals surface area contributed by atoms with Crippen molar-refractivity contribution in [3.05, 3.63) is 46.7 Å². The van der Waals surface area contributed by atoms with Gasteiger partial charge in [-0.25, -0.2) is 4.39 Å². The summed E-state index contributed by atoms with van der Waals surface area (Å²) in [6.45, 7) is 0. The molecule has 3 N–H and O–H groups in total. The molecule has 2 aromatic rings. The first-order valence-corrected chi connectivity index (χ1v) is 7.27. The van der Waals surface area contributed by atoms with Gasteiger partial charge < -0.3 is 11.1 Å². The van der Waals surface area contributed by atoms with E-state index in [2.05, 4.69) is 21.2 Å². The smallest absolute Gasteiger partial charge is 0.139 e. The molecule has 0 spiro atoms. The first kappa shape index (κ1) is 13.2. The number of thioether (sulfide) groups is 1. The normalized spacial score (nSPS) is 10.4. The molecule has 2 nitrogen and oxygen atoms in total. The van der Waals surface area contributed by atoms with Crippen molar-refractivity contribution in [1.82, 2.24) is 0 Å². The topological polar surface area (TPSA) is 38.0 Å². The Morgan fingerprint density at radius 2 is 2.06 bits per heavy atom. The number of nitrogen functional groups attached to an aromatic ring is 1. The third-order valence-corrected chi connectivity index (χ3v) is 3.77. The van der Waals surface area contributed by atoms with E-state index in [-0.39, 0.29) is 5.82 Å². The number of hydrogen-bond acceptors (Lipinski definition) is 3. The highest BCUT2D eigenvalue weighted by Crippen LogP contribution is 2.30. The quantitative estimate of drug-likeness (QED) is 0.637.